The highest BCUT2D eigenvalue weighted by Crippen LogP contribution is 2.29. The van der Waals surface area contributed by atoms with Crippen LogP contribution in [-0.2, 0) is 0 Å². The molecule has 1 aromatic carbocycles. The van der Waals surface area contributed by atoms with Crippen molar-refractivity contribution in [2.45, 2.75) is 33.7 Å². The number of benzene rings is 1. The summed E-state index contributed by atoms with van der Waals surface area (Å²) in [6, 6.07) is 8.55. The van der Waals surface area contributed by atoms with Gasteiger partial charge in [-0.05, 0) is 56.5 Å². The monoisotopic (exact) mass is 270 g/mol. The van der Waals surface area contributed by atoms with Crippen LogP contribution in [0.1, 0.15) is 35.2 Å². The summed E-state index contributed by atoms with van der Waals surface area (Å²) in [5, 5.41) is 3.49. The van der Waals surface area contributed by atoms with Gasteiger partial charge in [0.2, 0.25) is 5.88 Å². The number of nitrogens with one attached hydrogen (secondary N) is 1. The number of pyridine rings is 1. The van der Waals surface area contributed by atoms with E-state index in [1.807, 2.05) is 12.1 Å². The quantitative estimate of drug-likeness (QED) is 0.904. The Bertz CT molecular complexity index is 585. The van der Waals surface area contributed by atoms with E-state index in [0.717, 1.165) is 5.69 Å². The number of rotatable bonds is 4. The molecule has 1 aromatic heterocycles. The summed E-state index contributed by atoms with van der Waals surface area (Å²) >= 11 is 0. The van der Waals surface area contributed by atoms with E-state index in [0.29, 0.717) is 5.88 Å². The molecular weight excluding hydrogens is 248 g/mol. The Hall–Kier alpha value is -2.03. The summed E-state index contributed by atoms with van der Waals surface area (Å²) in [5.74, 6) is 0.627. The molecule has 0 radical (unpaired) electrons. The lowest BCUT2D eigenvalue weighted by atomic mass is 9.95. The van der Waals surface area contributed by atoms with E-state index in [2.05, 4.69) is 50.1 Å². The fraction of sp³-hybridized carbons (Fsp3) is 0.353. The minimum atomic E-state index is 0.202. The average molecular weight is 270 g/mol. The molecule has 1 atom stereocenters. The molecule has 0 spiro atoms. The maximum absolute atomic E-state index is 5.29. The van der Waals surface area contributed by atoms with Crippen LogP contribution in [0.3, 0.4) is 0 Å². The maximum atomic E-state index is 5.29. The lowest BCUT2D eigenvalue weighted by Crippen LogP contribution is -2.11. The normalized spacial score (nSPS) is 12.1. The maximum Gasteiger partial charge on any atom is 0.237 e. The first-order valence-electron chi connectivity index (χ1n) is 6.86. The Balaban J connectivity index is 2.31. The van der Waals surface area contributed by atoms with E-state index in [-0.39, 0.29) is 6.04 Å². The third-order valence-corrected chi connectivity index (χ3v) is 3.51. The van der Waals surface area contributed by atoms with Gasteiger partial charge in [-0.1, -0.05) is 17.7 Å². The predicted molar refractivity (Wildman–Crippen MR) is 83.5 cm³/mol. The zero-order chi connectivity index (χ0) is 14.7. The van der Waals surface area contributed by atoms with E-state index in [1.165, 1.54) is 22.3 Å². The second kappa shape index (κ2) is 5.95. The van der Waals surface area contributed by atoms with Crippen LogP contribution in [0.4, 0.5) is 5.69 Å². The van der Waals surface area contributed by atoms with E-state index in [9.17, 15) is 0 Å². The number of anilines is 1. The van der Waals surface area contributed by atoms with Crippen LogP contribution in [0.5, 0.6) is 5.88 Å². The molecule has 0 fully saturated rings. The molecule has 3 heteroatoms. The van der Waals surface area contributed by atoms with Gasteiger partial charge >= 0.3 is 0 Å². The summed E-state index contributed by atoms with van der Waals surface area (Å²) in [4.78, 5) is 4.22. The summed E-state index contributed by atoms with van der Waals surface area (Å²) in [7, 11) is 1.64. The summed E-state index contributed by atoms with van der Waals surface area (Å²) in [6.45, 7) is 8.62. The number of aryl methyl sites for hydroxylation is 3. The van der Waals surface area contributed by atoms with Crippen molar-refractivity contribution in [2.24, 2.45) is 0 Å². The van der Waals surface area contributed by atoms with Crippen molar-refractivity contribution >= 4 is 5.69 Å². The highest BCUT2D eigenvalue weighted by Gasteiger charge is 2.14. The third kappa shape index (κ3) is 2.93. The minimum Gasteiger partial charge on any atom is -0.480 e. The Labute approximate surface area is 121 Å². The number of hydrogen-bond acceptors (Lipinski definition) is 3. The predicted octanol–water partition coefficient (Wildman–Crippen LogP) is 4.19. The number of methoxy groups -OCH3 is 1. The van der Waals surface area contributed by atoms with Crippen molar-refractivity contribution in [3.8, 4) is 5.88 Å². The van der Waals surface area contributed by atoms with Gasteiger partial charge < -0.3 is 10.1 Å². The van der Waals surface area contributed by atoms with E-state index >= 15 is 0 Å². The van der Waals surface area contributed by atoms with Gasteiger partial charge in [-0.2, -0.15) is 0 Å². The molecule has 0 aliphatic rings. The molecule has 1 unspecified atom stereocenters. The fourth-order valence-electron chi connectivity index (χ4n) is 2.84. The number of hydrogen-bond donors (Lipinski definition) is 1. The molecule has 0 aliphatic heterocycles. The van der Waals surface area contributed by atoms with Gasteiger partial charge in [0.1, 0.15) is 0 Å². The minimum absolute atomic E-state index is 0.202. The van der Waals surface area contributed by atoms with E-state index < -0.39 is 0 Å². The smallest absolute Gasteiger partial charge is 0.237 e. The van der Waals surface area contributed by atoms with Crippen molar-refractivity contribution in [1.29, 1.82) is 0 Å². The van der Waals surface area contributed by atoms with Gasteiger partial charge in [-0.15, -0.1) is 0 Å². The Morgan fingerprint density at radius 2 is 1.80 bits per heavy atom. The van der Waals surface area contributed by atoms with Crippen LogP contribution < -0.4 is 10.1 Å². The molecule has 0 aliphatic carbocycles. The van der Waals surface area contributed by atoms with Crippen molar-refractivity contribution in [3.63, 3.8) is 0 Å². The van der Waals surface area contributed by atoms with Crippen molar-refractivity contribution in [2.75, 3.05) is 12.4 Å². The third-order valence-electron chi connectivity index (χ3n) is 3.51. The number of aromatic nitrogens is 1. The molecule has 0 saturated carbocycles. The molecule has 1 heterocycles. The van der Waals surface area contributed by atoms with Crippen molar-refractivity contribution < 1.29 is 4.74 Å². The van der Waals surface area contributed by atoms with Crippen LogP contribution in [-0.4, -0.2) is 12.1 Å². The van der Waals surface area contributed by atoms with Crippen molar-refractivity contribution in [3.05, 3.63) is 52.7 Å². The lowest BCUT2D eigenvalue weighted by Gasteiger charge is -2.21. The van der Waals surface area contributed by atoms with E-state index in [1.54, 1.807) is 13.3 Å². The molecule has 2 aromatic rings. The zero-order valence-corrected chi connectivity index (χ0v) is 12.8. The van der Waals surface area contributed by atoms with Gasteiger partial charge in [0.15, 0.2) is 0 Å². The van der Waals surface area contributed by atoms with Gasteiger partial charge in [0.05, 0.1) is 12.8 Å². The first kappa shape index (κ1) is 14.4. The Kier molecular flexibility index (Phi) is 4.28. The SMILES string of the molecule is COc1ncccc1NC(C)c1c(C)cc(C)cc1C. The van der Waals surface area contributed by atoms with Gasteiger partial charge in [0, 0.05) is 12.2 Å². The summed E-state index contributed by atoms with van der Waals surface area (Å²) < 4.78 is 5.29. The summed E-state index contributed by atoms with van der Waals surface area (Å²) in [6.07, 6.45) is 1.73. The Morgan fingerprint density at radius 1 is 1.15 bits per heavy atom. The molecule has 2 rings (SSSR count). The fourth-order valence-corrected chi connectivity index (χ4v) is 2.84. The zero-order valence-electron chi connectivity index (χ0n) is 12.8. The van der Waals surface area contributed by atoms with Gasteiger partial charge in [0.25, 0.3) is 0 Å². The molecule has 20 heavy (non-hydrogen) atoms. The van der Waals surface area contributed by atoms with E-state index in [4.69, 9.17) is 4.74 Å². The molecule has 0 saturated heterocycles. The molecule has 3 nitrogen and oxygen atoms in total. The van der Waals surface area contributed by atoms with Crippen molar-refractivity contribution in [1.82, 2.24) is 4.98 Å². The van der Waals surface area contributed by atoms with Crippen LogP contribution in [0, 0.1) is 20.8 Å². The Morgan fingerprint density at radius 3 is 2.40 bits per heavy atom. The van der Waals surface area contributed by atoms with Gasteiger partial charge in [-0.25, -0.2) is 4.98 Å². The number of ether oxygens (including phenoxy) is 1. The lowest BCUT2D eigenvalue weighted by molar-refractivity contribution is 0.399. The van der Waals surface area contributed by atoms with Gasteiger partial charge in [-0.3, -0.25) is 0 Å². The van der Waals surface area contributed by atoms with Crippen LogP contribution in [0.25, 0.3) is 0 Å². The van der Waals surface area contributed by atoms with Crippen LogP contribution in [0.2, 0.25) is 0 Å². The standard InChI is InChI=1S/C17H22N2O/c1-11-9-12(2)16(13(3)10-11)14(4)19-15-7-6-8-18-17(15)20-5/h6-10,14,19H,1-5H3. The average Bonchev–Trinajstić information content (AvgIpc) is 2.38. The topological polar surface area (TPSA) is 34.1 Å². The highest BCUT2D eigenvalue weighted by atomic mass is 16.5. The summed E-state index contributed by atoms with van der Waals surface area (Å²) in [5.41, 5.74) is 6.18. The highest BCUT2D eigenvalue weighted by molar-refractivity contribution is 5.54. The molecular formula is C17H22N2O. The second-order valence-corrected chi connectivity index (χ2v) is 5.24. The molecule has 106 valence electrons. The number of nitrogens with zero attached hydrogens (tertiary/aromatic N) is 1. The van der Waals surface area contributed by atoms with Crippen LogP contribution in [0.15, 0.2) is 30.5 Å². The first-order valence-corrected chi connectivity index (χ1v) is 6.86. The largest absolute Gasteiger partial charge is 0.480 e. The molecule has 0 amide bonds. The molecule has 1 N–H and O–H groups in total. The second-order valence-electron chi connectivity index (χ2n) is 5.24. The molecule has 0 bridgehead atoms. The first-order chi connectivity index (χ1) is 9.52. The van der Waals surface area contributed by atoms with Crippen LogP contribution >= 0.6 is 0 Å².